The van der Waals surface area contributed by atoms with Crippen molar-refractivity contribution in [3.05, 3.63) is 70.3 Å². The van der Waals surface area contributed by atoms with Crippen molar-refractivity contribution < 1.29 is 79.4 Å². The monoisotopic (exact) mass is 572 g/mol. The zero-order valence-electron chi connectivity index (χ0n) is 16.7. The second-order valence-electron chi connectivity index (χ2n) is 7.07. The fraction of sp³-hybridized carbons (Fsp3) is 0.316. The first kappa shape index (κ1) is 30.1. The molecule has 2 rings (SSSR count). The van der Waals surface area contributed by atoms with Gasteiger partial charge in [0, 0.05) is 5.56 Å². The summed E-state index contributed by atoms with van der Waals surface area (Å²) in [6.07, 6.45) is -7.75. The summed E-state index contributed by atoms with van der Waals surface area (Å²) in [6.45, 7) is 0. The lowest BCUT2D eigenvalue weighted by Gasteiger charge is -2.40. The fourth-order valence-electron chi connectivity index (χ4n) is 2.80. The number of hydrogen-bond acceptors (Lipinski definition) is 1. The molecule has 0 aliphatic heterocycles. The molecule has 37 heavy (non-hydrogen) atoms. The molecule has 0 aromatic heterocycles. The minimum Gasteiger partial charge on any atom is -0.288 e. The van der Waals surface area contributed by atoms with E-state index in [4.69, 9.17) is 0 Å². The van der Waals surface area contributed by atoms with Gasteiger partial charge in [-0.3, -0.25) is 4.79 Å². The third-order valence-corrected chi connectivity index (χ3v) is 4.78. The fourth-order valence-corrected chi connectivity index (χ4v) is 2.80. The highest BCUT2D eigenvalue weighted by Crippen LogP contribution is 2.62. The van der Waals surface area contributed by atoms with Crippen LogP contribution >= 0.6 is 0 Å². The average Bonchev–Trinajstić information content (AvgIpc) is 2.78. The maximum absolute atomic E-state index is 14.6. The molecule has 0 spiro atoms. The van der Waals surface area contributed by atoms with Gasteiger partial charge in [0.1, 0.15) is 0 Å². The van der Waals surface area contributed by atoms with Gasteiger partial charge in [0.25, 0.3) is 0 Å². The maximum Gasteiger partial charge on any atom is 0.460 e. The third-order valence-electron chi connectivity index (χ3n) is 4.78. The zero-order valence-corrected chi connectivity index (χ0v) is 16.7. The SMILES string of the molecule is O=C(c1ccccc1)c1c(F)c(F)c(F)c(F)c1C(F)(F)C(F)(F)C(F)(F)C(F)(F)C(F)(F)C(F)(F)F. The normalized spacial score (nSPS) is 14.2. The van der Waals surface area contributed by atoms with Crippen LogP contribution in [0.15, 0.2) is 30.3 Å². The zero-order chi connectivity index (χ0) is 29.2. The molecular formula is C19H5F17O. The summed E-state index contributed by atoms with van der Waals surface area (Å²) in [4.78, 5) is 12.3. The highest BCUT2D eigenvalue weighted by Gasteiger charge is 2.91. The van der Waals surface area contributed by atoms with Crippen molar-refractivity contribution in [2.75, 3.05) is 0 Å². The van der Waals surface area contributed by atoms with Crippen LogP contribution in [0.3, 0.4) is 0 Å². The quantitative estimate of drug-likeness (QED) is 0.144. The Kier molecular flexibility index (Phi) is 7.13. The number of halogens is 17. The molecular weight excluding hydrogens is 567 g/mol. The van der Waals surface area contributed by atoms with E-state index in [1.165, 1.54) is 0 Å². The van der Waals surface area contributed by atoms with Crippen molar-refractivity contribution >= 4 is 5.78 Å². The Morgan fingerprint density at radius 1 is 0.514 bits per heavy atom. The summed E-state index contributed by atoms with van der Waals surface area (Å²) in [5.74, 6) is -56.9. The van der Waals surface area contributed by atoms with Crippen LogP contribution in [0.5, 0.6) is 0 Å². The van der Waals surface area contributed by atoms with Gasteiger partial charge in [-0.15, -0.1) is 0 Å². The molecule has 18 heteroatoms. The van der Waals surface area contributed by atoms with Crippen molar-refractivity contribution in [3.63, 3.8) is 0 Å². The Hall–Kier alpha value is -3.08. The molecule has 2 aromatic carbocycles. The van der Waals surface area contributed by atoms with E-state index in [1.807, 2.05) is 0 Å². The summed E-state index contributed by atoms with van der Waals surface area (Å²) in [7, 11) is 0. The van der Waals surface area contributed by atoms with Crippen LogP contribution in [0.4, 0.5) is 74.6 Å². The lowest BCUT2D eigenvalue weighted by Crippen LogP contribution is -2.69. The predicted octanol–water partition coefficient (Wildman–Crippen LogP) is 7.67. The van der Waals surface area contributed by atoms with Crippen LogP contribution in [-0.2, 0) is 5.92 Å². The van der Waals surface area contributed by atoms with Gasteiger partial charge in [-0.25, -0.2) is 17.6 Å². The Bertz CT molecular complexity index is 1200. The van der Waals surface area contributed by atoms with Crippen molar-refractivity contribution in [1.29, 1.82) is 0 Å². The molecule has 0 atom stereocenters. The van der Waals surface area contributed by atoms with Crippen LogP contribution in [0, 0.1) is 23.3 Å². The van der Waals surface area contributed by atoms with E-state index >= 15 is 0 Å². The van der Waals surface area contributed by atoms with Gasteiger partial charge < -0.3 is 0 Å². The summed E-state index contributed by atoms with van der Waals surface area (Å²) < 4.78 is 230. The number of hydrogen-bond donors (Lipinski definition) is 0. The lowest BCUT2D eigenvalue weighted by atomic mass is 9.86. The largest absolute Gasteiger partial charge is 0.460 e. The van der Waals surface area contributed by atoms with Crippen LogP contribution in [0.2, 0.25) is 0 Å². The van der Waals surface area contributed by atoms with Gasteiger partial charge in [-0.2, -0.15) is 57.1 Å². The standard InChI is InChI=1S/C19H5F17O/c20-9-7(13(37)6-4-2-1-3-5-6)8(10(21)12(23)11(9)22)14(24,25)15(26,27)16(28,29)17(30,31)18(32,33)19(34,35)36/h1-5H. The molecule has 0 heterocycles. The first-order chi connectivity index (χ1) is 16.4. The van der Waals surface area contributed by atoms with E-state index in [2.05, 4.69) is 0 Å². The second kappa shape index (κ2) is 8.75. The van der Waals surface area contributed by atoms with E-state index < -0.39 is 81.5 Å². The molecule has 0 N–H and O–H groups in total. The van der Waals surface area contributed by atoms with E-state index in [9.17, 15) is 79.4 Å². The molecule has 2 aromatic rings. The number of benzene rings is 2. The molecule has 0 bridgehead atoms. The van der Waals surface area contributed by atoms with Gasteiger partial charge in [0.15, 0.2) is 29.1 Å². The number of alkyl halides is 13. The van der Waals surface area contributed by atoms with Crippen molar-refractivity contribution in [2.45, 2.75) is 35.8 Å². The summed E-state index contributed by atoms with van der Waals surface area (Å²) in [6, 6.07) is 3.77. The van der Waals surface area contributed by atoms with Crippen molar-refractivity contribution in [1.82, 2.24) is 0 Å². The van der Waals surface area contributed by atoms with Crippen LogP contribution in [-0.4, -0.2) is 35.6 Å². The summed E-state index contributed by atoms with van der Waals surface area (Å²) >= 11 is 0. The van der Waals surface area contributed by atoms with Gasteiger partial charge >= 0.3 is 35.8 Å². The van der Waals surface area contributed by atoms with E-state index in [-0.39, 0.29) is 0 Å². The van der Waals surface area contributed by atoms with E-state index in [0.29, 0.717) is 12.1 Å². The lowest BCUT2D eigenvalue weighted by molar-refractivity contribution is -0.441. The first-order valence-corrected chi connectivity index (χ1v) is 8.83. The highest BCUT2D eigenvalue weighted by atomic mass is 19.4. The Balaban J connectivity index is 2.95. The molecule has 0 aliphatic carbocycles. The molecule has 0 aliphatic rings. The molecule has 1 nitrogen and oxygen atoms in total. The van der Waals surface area contributed by atoms with Crippen molar-refractivity contribution in [3.8, 4) is 0 Å². The molecule has 0 fully saturated rings. The van der Waals surface area contributed by atoms with Crippen LogP contribution in [0.25, 0.3) is 0 Å². The summed E-state index contributed by atoms with van der Waals surface area (Å²) in [5, 5.41) is 0. The smallest absolute Gasteiger partial charge is 0.288 e. The molecule has 0 amide bonds. The maximum atomic E-state index is 14.6. The third kappa shape index (κ3) is 4.07. The molecule has 0 unspecified atom stereocenters. The molecule has 0 saturated heterocycles. The van der Waals surface area contributed by atoms with Crippen LogP contribution < -0.4 is 0 Å². The average molecular weight is 572 g/mol. The second-order valence-corrected chi connectivity index (χ2v) is 7.07. The minimum atomic E-state index is -8.47. The van der Waals surface area contributed by atoms with E-state index in [0.717, 1.165) is 18.2 Å². The van der Waals surface area contributed by atoms with Gasteiger partial charge in [0.05, 0.1) is 11.1 Å². The molecule has 0 saturated carbocycles. The molecule has 0 radical (unpaired) electrons. The minimum absolute atomic E-state index is 0.521. The Morgan fingerprint density at radius 2 is 0.919 bits per heavy atom. The van der Waals surface area contributed by atoms with Crippen molar-refractivity contribution in [2.24, 2.45) is 0 Å². The Morgan fingerprint density at radius 3 is 1.35 bits per heavy atom. The number of carbonyl (C=O) groups excluding carboxylic acids is 1. The number of carbonyl (C=O) groups is 1. The van der Waals surface area contributed by atoms with Gasteiger partial charge in [-0.05, 0) is 0 Å². The first-order valence-electron chi connectivity index (χ1n) is 8.83. The van der Waals surface area contributed by atoms with Gasteiger partial charge in [0.2, 0.25) is 0 Å². The summed E-state index contributed by atoms with van der Waals surface area (Å²) in [5.41, 5.74) is -7.96. The van der Waals surface area contributed by atoms with Gasteiger partial charge in [-0.1, -0.05) is 30.3 Å². The Labute approximate surface area is 192 Å². The number of ketones is 1. The van der Waals surface area contributed by atoms with E-state index in [1.54, 1.807) is 0 Å². The van der Waals surface area contributed by atoms with Crippen LogP contribution in [0.1, 0.15) is 21.5 Å². The molecule has 206 valence electrons. The predicted molar refractivity (Wildman–Crippen MR) is 85.9 cm³/mol. The highest BCUT2D eigenvalue weighted by molar-refractivity contribution is 6.10. The number of rotatable bonds is 7. The topological polar surface area (TPSA) is 17.1 Å².